The lowest BCUT2D eigenvalue weighted by Gasteiger charge is -2.33. The second-order valence-electron chi connectivity index (χ2n) is 5.83. The molecule has 0 saturated carbocycles. The van der Waals surface area contributed by atoms with Crippen molar-refractivity contribution in [1.29, 1.82) is 0 Å². The largest absolute Gasteiger partial charge is 0.296 e. The van der Waals surface area contributed by atoms with Gasteiger partial charge >= 0.3 is 0 Å². The highest BCUT2D eigenvalue weighted by atomic mass is 35.5. The number of rotatable bonds is 4. The summed E-state index contributed by atoms with van der Waals surface area (Å²) >= 11 is 9.52. The summed E-state index contributed by atoms with van der Waals surface area (Å²) in [7, 11) is 0. The van der Waals surface area contributed by atoms with Crippen LogP contribution in [0, 0.1) is 0 Å². The number of fused-ring (bicyclic) bond motifs is 1. The van der Waals surface area contributed by atoms with Gasteiger partial charge in [0.1, 0.15) is 5.01 Å². The fourth-order valence-electron chi connectivity index (χ4n) is 2.94. The van der Waals surface area contributed by atoms with Gasteiger partial charge in [-0.2, -0.15) is 0 Å². The van der Waals surface area contributed by atoms with Crippen LogP contribution in [0.3, 0.4) is 0 Å². The molecular formula is C17H18ClN3S2. The lowest BCUT2D eigenvalue weighted by molar-refractivity contribution is 0.123. The van der Waals surface area contributed by atoms with E-state index in [4.69, 9.17) is 16.6 Å². The van der Waals surface area contributed by atoms with Gasteiger partial charge in [0.2, 0.25) is 0 Å². The lowest BCUT2D eigenvalue weighted by atomic mass is 10.3. The van der Waals surface area contributed by atoms with Crippen molar-refractivity contribution in [3.05, 3.63) is 50.6 Å². The topological polar surface area (TPSA) is 19.4 Å². The number of thiazole rings is 1. The van der Waals surface area contributed by atoms with Gasteiger partial charge in [-0.15, -0.1) is 22.7 Å². The standard InChI is InChI=1S/C17H18ClN3S2/c18-16-6-5-13(22-16)11-20-7-9-21(10-8-20)12-17-19-14-3-1-2-4-15(14)23-17/h1-6H,7-12H2. The number of thiophene rings is 1. The average Bonchev–Trinajstić information content (AvgIpc) is 3.14. The van der Waals surface area contributed by atoms with E-state index in [-0.39, 0.29) is 0 Å². The Labute approximate surface area is 149 Å². The maximum atomic E-state index is 6.01. The molecule has 3 aromatic rings. The molecule has 0 atom stereocenters. The highest BCUT2D eigenvalue weighted by Gasteiger charge is 2.18. The third-order valence-corrected chi connectivity index (χ3v) is 6.41. The first-order valence-electron chi connectivity index (χ1n) is 7.80. The first-order chi connectivity index (χ1) is 11.3. The minimum atomic E-state index is 0.884. The Kier molecular flexibility index (Phi) is 4.64. The van der Waals surface area contributed by atoms with Gasteiger partial charge in [0.05, 0.1) is 21.1 Å². The van der Waals surface area contributed by atoms with Crippen molar-refractivity contribution in [3.8, 4) is 0 Å². The van der Waals surface area contributed by atoms with Crippen molar-refractivity contribution in [3.63, 3.8) is 0 Å². The van der Waals surface area contributed by atoms with E-state index >= 15 is 0 Å². The van der Waals surface area contributed by atoms with E-state index in [0.717, 1.165) is 49.1 Å². The normalized spacial score (nSPS) is 17.1. The molecule has 0 amide bonds. The number of benzene rings is 1. The molecule has 0 bridgehead atoms. The summed E-state index contributed by atoms with van der Waals surface area (Å²) in [5.41, 5.74) is 1.13. The van der Waals surface area contributed by atoms with Gasteiger partial charge in [-0.1, -0.05) is 23.7 Å². The van der Waals surface area contributed by atoms with E-state index in [2.05, 4.69) is 40.1 Å². The second-order valence-corrected chi connectivity index (χ2v) is 8.75. The van der Waals surface area contributed by atoms with Crippen molar-refractivity contribution >= 4 is 44.5 Å². The zero-order chi connectivity index (χ0) is 15.6. The Hall–Kier alpha value is -0.980. The molecule has 1 aromatic carbocycles. The minimum Gasteiger partial charge on any atom is -0.296 e. The molecule has 0 N–H and O–H groups in total. The molecular weight excluding hydrogens is 346 g/mol. The van der Waals surface area contributed by atoms with Crippen molar-refractivity contribution in [1.82, 2.24) is 14.8 Å². The molecule has 3 nitrogen and oxygen atoms in total. The minimum absolute atomic E-state index is 0.884. The van der Waals surface area contributed by atoms with E-state index < -0.39 is 0 Å². The van der Waals surface area contributed by atoms with Crippen LogP contribution in [0.5, 0.6) is 0 Å². The van der Waals surface area contributed by atoms with Gasteiger partial charge in [-0.25, -0.2) is 4.98 Å². The molecule has 1 aliphatic rings. The van der Waals surface area contributed by atoms with Crippen LogP contribution >= 0.6 is 34.3 Å². The first-order valence-corrected chi connectivity index (χ1v) is 9.81. The second kappa shape index (κ2) is 6.87. The number of piperazine rings is 1. The molecule has 0 radical (unpaired) electrons. The Morgan fingerprint density at radius 1 is 0.913 bits per heavy atom. The van der Waals surface area contributed by atoms with Crippen molar-refractivity contribution in [2.45, 2.75) is 13.1 Å². The highest BCUT2D eigenvalue weighted by molar-refractivity contribution is 7.18. The summed E-state index contributed by atoms with van der Waals surface area (Å²) in [6.07, 6.45) is 0. The Morgan fingerprint density at radius 2 is 1.65 bits per heavy atom. The summed E-state index contributed by atoms with van der Waals surface area (Å²) in [6, 6.07) is 12.5. The van der Waals surface area contributed by atoms with Crippen molar-refractivity contribution < 1.29 is 0 Å². The molecule has 1 fully saturated rings. The number of hydrogen-bond acceptors (Lipinski definition) is 5. The van der Waals surface area contributed by atoms with Crippen LogP contribution in [0.2, 0.25) is 4.34 Å². The number of hydrogen-bond donors (Lipinski definition) is 0. The van der Waals surface area contributed by atoms with Crippen molar-refractivity contribution in [2.75, 3.05) is 26.2 Å². The molecule has 1 aliphatic heterocycles. The highest BCUT2D eigenvalue weighted by Crippen LogP contribution is 2.24. The number of halogens is 1. The van der Waals surface area contributed by atoms with E-state index in [0.29, 0.717) is 0 Å². The molecule has 3 heterocycles. The molecule has 6 heteroatoms. The van der Waals surface area contributed by atoms with Gasteiger partial charge in [-0.3, -0.25) is 9.80 Å². The van der Waals surface area contributed by atoms with Crippen LogP contribution in [0.15, 0.2) is 36.4 Å². The van der Waals surface area contributed by atoms with Crippen LogP contribution in [0.1, 0.15) is 9.88 Å². The van der Waals surface area contributed by atoms with Crippen LogP contribution < -0.4 is 0 Å². The third kappa shape index (κ3) is 3.75. The zero-order valence-corrected chi connectivity index (χ0v) is 15.1. The molecule has 2 aromatic heterocycles. The predicted octanol–water partition coefficient (Wildman–Crippen LogP) is 4.33. The monoisotopic (exact) mass is 363 g/mol. The molecule has 0 unspecified atom stereocenters. The molecule has 0 spiro atoms. The summed E-state index contributed by atoms with van der Waals surface area (Å²) in [5.74, 6) is 0. The first kappa shape index (κ1) is 15.5. The van der Waals surface area contributed by atoms with Crippen LogP contribution in [0.25, 0.3) is 10.2 Å². The molecule has 0 aliphatic carbocycles. The number of para-hydroxylation sites is 1. The molecule has 1 saturated heterocycles. The molecule has 23 heavy (non-hydrogen) atoms. The maximum absolute atomic E-state index is 6.01. The molecule has 4 rings (SSSR count). The van der Waals surface area contributed by atoms with Gasteiger partial charge in [-0.05, 0) is 24.3 Å². The Morgan fingerprint density at radius 3 is 2.35 bits per heavy atom. The molecule has 120 valence electrons. The summed E-state index contributed by atoms with van der Waals surface area (Å²) in [4.78, 5) is 11.1. The van der Waals surface area contributed by atoms with Gasteiger partial charge in [0.25, 0.3) is 0 Å². The maximum Gasteiger partial charge on any atom is 0.108 e. The summed E-state index contributed by atoms with van der Waals surface area (Å²) in [6.45, 7) is 6.43. The SMILES string of the molecule is Clc1ccc(CN2CCN(Cc3nc4ccccc4s3)CC2)s1. The third-order valence-electron chi connectivity index (χ3n) is 4.17. The Balaban J connectivity index is 1.32. The fourth-order valence-corrected chi connectivity index (χ4v) is 5.08. The lowest BCUT2D eigenvalue weighted by Crippen LogP contribution is -2.45. The van der Waals surface area contributed by atoms with E-state index in [1.807, 2.05) is 17.4 Å². The van der Waals surface area contributed by atoms with Gasteiger partial charge < -0.3 is 0 Å². The van der Waals surface area contributed by atoms with Crippen LogP contribution in [-0.4, -0.2) is 41.0 Å². The fraction of sp³-hybridized carbons (Fsp3) is 0.353. The van der Waals surface area contributed by atoms with Crippen LogP contribution in [0.4, 0.5) is 0 Å². The van der Waals surface area contributed by atoms with E-state index in [1.165, 1.54) is 14.6 Å². The smallest absolute Gasteiger partial charge is 0.108 e. The average molecular weight is 364 g/mol. The van der Waals surface area contributed by atoms with Crippen LogP contribution in [-0.2, 0) is 13.1 Å². The number of nitrogens with zero attached hydrogens (tertiary/aromatic N) is 3. The van der Waals surface area contributed by atoms with Gasteiger partial charge in [0.15, 0.2) is 0 Å². The number of aromatic nitrogens is 1. The van der Waals surface area contributed by atoms with E-state index in [1.54, 1.807) is 11.3 Å². The predicted molar refractivity (Wildman–Crippen MR) is 99.5 cm³/mol. The van der Waals surface area contributed by atoms with Gasteiger partial charge in [0, 0.05) is 37.6 Å². The Bertz CT molecular complexity index is 757. The van der Waals surface area contributed by atoms with E-state index in [9.17, 15) is 0 Å². The quantitative estimate of drug-likeness (QED) is 0.687. The summed E-state index contributed by atoms with van der Waals surface area (Å²) < 4.78 is 2.17. The summed E-state index contributed by atoms with van der Waals surface area (Å²) in [5, 5.41) is 1.23. The zero-order valence-electron chi connectivity index (χ0n) is 12.7. The van der Waals surface area contributed by atoms with Crippen molar-refractivity contribution in [2.24, 2.45) is 0 Å².